The first-order chi connectivity index (χ1) is 6.50. The maximum Gasteiger partial charge on any atom is 0.285 e. The van der Waals surface area contributed by atoms with Crippen LogP contribution in [0.4, 0.5) is 5.69 Å². The van der Waals surface area contributed by atoms with Crippen LogP contribution in [-0.4, -0.2) is 15.3 Å². The normalized spacial score (nSPS) is 9.79. The van der Waals surface area contributed by atoms with Gasteiger partial charge in [-0.3, -0.25) is 19.7 Å². The van der Waals surface area contributed by atoms with Crippen LogP contribution in [0.25, 0.3) is 0 Å². The zero-order valence-electron chi connectivity index (χ0n) is 7.47. The number of nitro groups is 1. The standard InChI is InChI=1S/C8H8N2O4/c1-6(11)4-9-5-7(10(13)14)2-3-8(9)12/h2-3,5H,4H2,1H3. The van der Waals surface area contributed by atoms with E-state index >= 15 is 0 Å². The molecule has 74 valence electrons. The lowest BCUT2D eigenvalue weighted by atomic mass is 10.4. The fourth-order valence-corrected chi connectivity index (χ4v) is 0.990. The Hall–Kier alpha value is -1.98. The van der Waals surface area contributed by atoms with Gasteiger partial charge in [-0.05, 0) is 6.92 Å². The smallest absolute Gasteiger partial charge is 0.285 e. The SMILES string of the molecule is CC(=O)Cn1cc([N+](=O)[O-])ccc1=O. The Morgan fingerprint density at radius 2 is 2.21 bits per heavy atom. The maximum absolute atomic E-state index is 11.1. The largest absolute Gasteiger partial charge is 0.301 e. The average Bonchev–Trinajstić information content (AvgIpc) is 2.07. The highest BCUT2D eigenvalue weighted by molar-refractivity contribution is 5.75. The fourth-order valence-electron chi connectivity index (χ4n) is 0.990. The molecule has 0 unspecified atom stereocenters. The summed E-state index contributed by atoms with van der Waals surface area (Å²) in [6.45, 7) is 1.17. The molecule has 6 heteroatoms. The van der Waals surface area contributed by atoms with E-state index in [0.29, 0.717) is 0 Å². The van der Waals surface area contributed by atoms with E-state index in [1.54, 1.807) is 0 Å². The highest BCUT2D eigenvalue weighted by Crippen LogP contribution is 2.05. The maximum atomic E-state index is 11.1. The van der Waals surface area contributed by atoms with Crippen LogP contribution in [0.5, 0.6) is 0 Å². The van der Waals surface area contributed by atoms with Crippen LogP contribution >= 0.6 is 0 Å². The lowest BCUT2D eigenvalue weighted by Gasteiger charge is -2.00. The topological polar surface area (TPSA) is 82.2 Å². The van der Waals surface area contributed by atoms with Gasteiger partial charge in [0.15, 0.2) is 0 Å². The van der Waals surface area contributed by atoms with Gasteiger partial charge >= 0.3 is 0 Å². The number of nitrogens with zero attached hydrogens (tertiary/aromatic N) is 2. The van der Waals surface area contributed by atoms with E-state index < -0.39 is 10.5 Å². The number of aromatic nitrogens is 1. The predicted molar refractivity (Wildman–Crippen MR) is 48.0 cm³/mol. The Kier molecular flexibility index (Phi) is 2.76. The zero-order chi connectivity index (χ0) is 10.7. The summed E-state index contributed by atoms with van der Waals surface area (Å²) < 4.78 is 1.01. The third-order valence-corrected chi connectivity index (χ3v) is 1.57. The van der Waals surface area contributed by atoms with Gasteiger partial charge in [-0.2, -0.15) is 0 Å². The molecule has 0 fully saturated rings. The van der Waals surface area contributed by atoms with Crippen molar-refractivity contribution in [1.29, 1.82) is 0 Å². The molecule has 0 aliphatic carbocycles. The van der Waals surface area contributed by atoms with Crippen LogP contribution in [0.1, 0.15) is 6.92 Å². The van der Waals surface area contributed by atoms with Gasteiger partial charge in [-0.1, -0.05) is 0 Å². The van der Waals surface area contributed by atoms with Gasteiger partial charge in [0.2, 0.25) is 0 Å². The highest BCUT2D eigenvalue weighted by atomic mass is 16.6. The highest BCUT2D eigenvalue weighted by Gasteiger charge is 2.08. The summed E-state index contributed by atoms with van der Waals surface area (Å²) in [7, 11) is 0. The van der Waals surface area contributed by atoms with Crippen LogP contribution in [0.2, 0.25) is 0 Å². The van der Waals surface area contributed by atoms with Crippen molar-refractivity contribution in [3.8, 4) is 0 Å². The van der Waals surface area contributed by atoms with Crippen molar-refractivity contribution in [3.05, 3.63) is 38.8 Å². The molecule has 0 amide bonds. The monoisotopic (exact) mass is 196 g/mol. The van der Waals surface area contributed by atoms with Crippen molar-refractivity contribution in [2.75, 3.05) is 0 Å². The summed E-state index contributed by atoms with van der Waals surface area (Å²) in [5, 5.41) is 10.4. The first kappa shape index (κ1) is 10.1. The first-order valence-electron chi connectivity index (χ1n) is 3.85. The van der Waals surface area contributed by atoms with Gasteiger partial charge in [0, 0.05) is 12.1 Å². The van der Waals surface area contributed by atoms with Crippen LogP contribution in [0, 0.1) is 10.1 Å². The fraction of sp³-hybridized carbons (Fsp3) is 0.250. The molecule has 0 N–H and O–H groups in total. The lowest BCUT2D eigenvalue weighted by molar-refractivity contribution is -0.385. The molecule has 14 heavy (non-hydrogen) atoms. The first-order valence-corrected chi connectivity index (χ1v) is 3.85. The Bertz CT molecular complexity index is 435. The Labute approximate surface area is 78.9 Å². The Morgan fingerprint density at radius 3 is 2.71 bits per heavy atom. The molecule has 1 heterocycles. The van der Waals surface area contributed by atoms with Crippen molar-refractivity contribution >= 4 is 11.5 Å². The molecule has 0 saturated heterocycles. The lowest BCUT2D eigenvalue weighted by Crippen LogP contribution is -2.21. The van der Waals surface area contributed by atoms with E-state index in [9.17, 15) is 19.7 Å². The van der Waals surface area contributed by atoms with Crippen LogP contribution in [0.15, 0.2) is 23.1 Å². The average molecular weight is 196 g/mol. The second kappa shape index (κ2) is 3.82. The second-order valence-corrected chi connectivity index (χ2v) is 2.81. The molecular weight excluding hydrogens is 188 g/mol. The molecule has 1 aromatic heterocycles. The predicted octanol–water partition coefficient (Wildman–Crippen LogP) is 0.345. The van der Waals surface area contributed by atoms with E-state index in [-0.39, 0.29) is 18.0 Å². The number of Topliss-reactive ketones (excluding diaryl/α,β-unsaturated/α-hetero) is 1. The number of pyridine rings is 1. The molecule has 0 aromatic carbocycles. The van der Waals surface area contributed by atoms with Gasteiger partial charge in [-0.15, -0.1) is 0 Å². The zero-order valence-corrected chi connectivity index (χ0v) is 7.47. The van der Waals surface area contributed by atoms with E-state index in [2.05, 4.69) is 0 Å². The molecule has 1 rings (SSSR count). The van der Waals surface area contributed by atoms with Crippen molar-refractivity contribution in [2.24, 2.45) is 0 Å². The number of hydrogen-bond donors (Lipinski definition) is 0. The molecular formula is C8H8N2O4. The molecule has 0 spiro atoms. The molecule has 1 aromatic rings. The number of ketones is 1. The summed E-state index contributed by atoms with van der Waals surface area (Å²) in [6.07, 6.45) is 1.06. The number of carbonyl (C=O) groups is 1. The summed E-state index contributed by atoms with van der Waals surface area (Å²) in [5.41, 5.74) is -0.628. The van der Waals surface area contributed by atoms with Gasteiger partial charge in [0.25, 0.3) is 11.2 Å². The summed E-state index contributed by atoms with van der Waals surface area (Å²) >= 11 is 0. The molecule has 0 bridgehead atoms. The second-order valence-electron chi connectivity index (χ2n) is 2.81. The minimum Gasteiger partial charge on any atom is -0.301 e. The molecule has 0 aliphatic rings. The molecule has 0 radical (unpaired) electrons. The molecule has 0 saturated carbocycles. The quantitative estimate of drug-likeness (QED) is 0.515. The van der Waals surface area contributed by atoms with Crippen molar-refractivity contribution < 1.29 is 9.72 Å². The van der Waals surface area contributed by atoms with Gasteiger partial charge in [0.05, 0.1) is 17.7 Å². The van der Waals surface area contributed by atoms with Crippen molar-refractivity contribution in [2.45, 2.75) is 13.5 Å². The minimum atomic E-state index is -0.615. The van der Waals surface area contributed by atoms with Crippen LogP contribution in [-0.2, 0) is 11.3 Å². The van der Waals surface area contributed by atoms with E-state index in [0.717, 1.165) is 22.9 Å². The van der Waals surface area contributed by atoms with Crippen LogP contribution in [0.3, 0.4) is 0 Å². The number of rotatable bonds is 3. The number of carbonyl (C=O) groups excluding carboxylic acids is 1. The molecule has 0 aliphatic heterocycles. The Morgan fingerprint density at radius 1 is 1.57 bits per heavy atom. The minimum absolute atomic E-state index is 0.138. The molecule has 0 atom stereocenters. The summed E-state index contributed by atoms with van der Waals surface area (Å²) in [4.78, 5) is 31.6. The Balaban J connectivity index is 3.15. The van der Waals surface area contributed by atoms with E-state index in [4.69, 9.17) is 0 Å². The summed E-state index contributed by atoms with van der Waals surface area (Å²) in [5.74, 6) is -0.229. The van der Waals surface area contributed by atoms with E-state index in [1.807, 2.05) is 0 Å². The van der Waals surface area contributed by atoms with Crippen LogP contribution < -0.4 is 5.56 Å². The van der Waals surface area contributed by atoms with Crippen molar-refractivity contribution in [1.82, 2.24) is 4.57 Å². The van der Waals surface area contributed by atoms with Gasteiger partial charge in [0.1, 0.15) is 5.78 Å². The third-order valence-electron chi connectivity index (χ3n) is 1.57. The van der Waals surface area contributed by atoms with E-state index in [1.165, 1.54) is 6.92 Å². The third kappa shape index (κ3) is 2.25. The summed E-state index contributed by atoms with van der Waals surface area (Å²) in [6, 6.07) is 2.18. The van der Waals surface area contributed by atoms with Gasteiger partial charge < -0.3 is 4.57 Å². The molecule has 6 nitrogen and oxygen atoms in total. The number of hydrogen-bond acceptors (Lipinski definition) is 4. The van der Waals surface area contributed by atoms with Gasteiger partial charge in [-0.25, -0.2) is 0 Å². The van der Waals surface area contributed by atoms with Crippen molar-refractivity contribution in [3.63, 3.8) is 0 Å².